The van der Waals surface area contributed by atoms with Gasteiger partial charge in [-0.25, -0.2) is 0 Å². The molecule has 1 saturated carbocycles. The number of aliphatic hydroxyl groups is 1. The first kappa shape index (κ1) is 16.7. The topological polar surface area (TPSA) is 88.2 Å². The van der Waals surface area contributed by atoms with E-state index in [0.29, 0.717) is 18.6 Å². The van der Waals surface area contributed by atoms with Crippen LogP contribution in [0.15, 0.2) is 47.1 Å². The Morgan fingerprint density at radius 3 is 2.88 bits per heavy atom. The fourth-order valence-corrected chi connectivity index (χ4v) is 3.52. The fraction of sp³-hybridized carbons (Fsp3) is 0.350. The van der Waals surface area contributed by atoms with E-state index in [1.54, 1.807) is 6.07 Å². The zero-order valence-electron chi connectivity index (χ0n) is 14.6. The van der Waals surface area contributed by atoms with Crippen LogP contribution >= 0.6 is 0 Å². The third-order valence-electron chi connectivity index (χ3n) is 4.92. The summed E-state index contributed by atoms with van der Waals surface area (Å²) >= 11 is 0. The molecule has 4 rings (SSSR count). The summed E-state index contributed by atoms with van der Waals surface area (Å²) < 4.78 is 5.13. The molecule has 3 aromatic rings. The predicted octanol–water partition coefficient (Wildman–Crippen LogP) is 2.70. The van der Waals surface area contributed by atoms with E-state index < -0.39 is 0 Å². The van der Waals surface area contributed by atoms with Gasteiger partial charge in [-0.3, -0.25) is 9.78 Å². The Balaban J connectivity index is 1.56. The van der Waals surface area contributed by atoms with E-state index in [2.05, 4.69) is 21.5 Å². The Hall–Kier alpha value is -2.73. The first-order chi connectivity index (χ1) is 12.6. The molecule has 1 amide bonds. The van der Waals surface area contributed by atoms with Crippen LogP contribution in [-0.2, 0) is 11.2 Å². The van der Waals surface area contributed by atoms with Crippen LogP contribution in [0, 0.1) is 12.8 Å². The van der Waals surface area contributed by atoms with Gasteiger partial charge in [-0.05, 0) is 43.4 Å². The minimum atomic E-state index is -0.287. The van der Waals surface area contributed by atoms with Crippen molar-refractivity contribution in [3.63, 3.8) is 0 Å². The number of amides is 1. The standard InChI is InChI=1S/C20H21N3O3/c1-12-6-17(26-23-12)10-19(25)22-20(14-8-16(24)9-14)15-7-13-4-2-3-5-18(13)21-11-15/h2-7,11,14,16,20,24H,8-10H2,1H3,(H,22,25)/t14?,16?,20-/m0/s1. The van der Waals surface area contributed by atoms with Crippen molar-refractivity contribution in [1.29, 1.82) is 0 Å². The highest BCUT2D eigenvalue weighted by molar-refractivity contribution is 5.80. The van der Waals surface area contributed by atoms with Gasteiger partial charge in [0.2, 0.25) is 5.91 Å². The minimum Gasteiger partial charge on any atom is -0.393 e. The van der Waals surface area contributed by atoms with Gasteiger partial charge in [-0.15, -0.1) is 0 Å². The lowest BCUT2D eigenvalue weighted by Gasteiger charge is -2.38. The number of hydrogen-bond donors (Lipinski definition) is 2. The van der Waals surface area contributed by atoms with Crippen molar-refractivity contribution in [3.05, 3.63) is 59.6 Å². The molecule has 0 spiro atoms. The van der Waals surface area contributed by atoms with Crippen LogP contribution in [0.4, 0.5) is 0 Å². The van der Waals surface area contributed by atoms with Crippen LogP contribution in [0.1, 0.15) is 35.9 Å². The second-order valence-electron chi connectivity index (χ2n) is 7.00. The van der Waals surface area contributed by atoms with Crippen molar-refractivity contribution >= 4 is 16.8 Å². The van der Waals surface area contributed by atoms with Crippen LogP contribution < -0.4 is 5.32 Å². The first-order valence-electron chi connectivity index (χ1n) is 8.83. The van der Waals surface area contributed by atoms with E-state index in [-0.39, 0.29) is 30.4 Å². The number of aromatic nitrogens is 2. The number of rotatable bonds is 5. The normalized spacial score (nSPS) is 20.5. The number of carbonyl (C=O) groups excluding carboxylic acids is 1. The summed E-state index contributed by atoms with van der Waals surface area (Å²) in [6.45, 7) is 1.82. The zero-order valence-corrected chi connectivity index (χ0v) is 14.6. The molecule has 134 valence electrons. The molecule has 2 aromatic heterocycles. The van der Waals surface area contributed by atoms with Crippen molar-refractivity contribution in [3.8, 4) is 0 Å². The number of carbonyl (C=O) groups is 1. The van der Waals surface area contributed by atoms with Gasteiger partial charge in [0.25, 0.3) is 0 Å². The van der Waals surface area contributed by atoms with E-state index in [1.807, 2.05) is 37.4 Å². The van der Waals surface area contributed by atoms with E-state index in [9.17, 15) is 9.90 Å². The van der Waals surface area contributed by atoms with Crippen LogP contribution in [0.5, 0.6) is 0 Å². The summed E-state index contributed by atoms with van der Waals surface area (Å²) in [5, 5.41) is 17.7. The number of nitrogens with zero attached hydrogens (tertiary/aromatic N) is 2. The first-order valence-corrected chi connectivity index (χ1v) is 8.83. The molecule has 1 atom stereocenters. The molecule has 0 unspecified atom stereocenters. The molecule has 0 radical (unpaired) electrons. The van der Waals surface area contributed by atoms with Crippen molar-refractivity contribution < 1.29 is 14.4 Å². The third-order valence-corrected chi connectivity index (χ3v) is 4.92. The van der Waals surface area contributed by atoms with Gasteiger partial charge in [-0.1, -0.05) is 23.4 Å². The van der Waals surface area contributed by atoms with Gasteiger partial charge in [0.05, 0.1) is 29.8 Å². The summed E-state index contributed by atoms with van der Waals surface area (Å²) in [7, 11) is 0. The smallest absolute Gasteiger partial charge is 0.228 e. The van der Waals surface area contributed by atoms with Gasteiger partial charge in [0.1, 0.15) is 5.76 Å². The Bertz CT molecular complexity index is 931. The third kappa shape index (κ3) is 3.46. The largest absolute Gasteiger partial charge is 0.393 e. The van der Waals surface area contributed by atoms with Gasteiger partial charge in [0.15, 0.2) is 0 Å². The molecular weight excluding hydrogens is 330 g/mol. The summed E-state index contributed by atoms with van der Waals surface area (Å²) in [4.78, 5) is 17.0. The van der Waals surface area contributed by atoms with E-state index in [0.717, 1.165) is 22.2 Å². The van der Waals surface area contributed by atoms with Crippen LogP contribution in [0.2, 0.25) is 0 Å². The highest BCUT2D eigenvalue weighted by atomic mass is 16.5. The average molecular weight is 351 g/mol. The van der Waals surface area contributed by atoms with Gasteiger partial charge in [-0.2, -0.15) is 0 Å². The summed E-state index contributed by atoms with van der Waals surface area (Å²) in [5.41, 5.74) is 2.64. The molecule has 6 heteroatoms. The molecule has 0 saturated heterocycles. The Labute approximate surface area is 151 Å². The minimum absolute atomic E-state index is 0.124. The number of aliphatic hydroxyl groups excluding tert-OH is 1. The quantitative estimate of drug-likeness (QED) is 0.738. The molecule has 0 aliphatic heterocycles. The van der Waals surface area contributed by atoms with Crippen LogP contribution in [0.25, 0.3) is 10.9 Å². The Kier molecular flexibility index (Phi) is 4.42. The van der Waals surface area contributed by atoms with Crippen LogP contribution in [-0.4, -0.2) is 27.3 Å². The average Bonchev–Trinajstić information content (AvgIpc) is 3.01. The molecule has 2 N–H and O–H groups in total. The number of aryl methyl sites for hydroxylation is 1. The number of para-hydroxylation sites is 1. The van der Waals surface area contributed by atoms with Crippen molar-refractivity contribution in [2.24, 2.45) is 5.92 Å². The van der Waals surface area contributed by atoms with E-state index in [1.165, 1.54) is 0 Å². The zero-order chi connectivity index (χ0) is 18.1. The van der Waals surface area contributed by atoms with Gasteiger partial charge in [0, 0.05) is 17.6 Å². The Morgan fingerprint density at radius 2 is 2.15 bits per heavy atom. The van der Waals surface area contributed by atoms with Crippen molar-refractivity contribution in [2.75, 3.05) is 0 Å². The molecule has 0 bridgehead atoms. The maximum Gasteiger partial charge on any atom is 0.228 e. The second kappa shape index (κ2) is 6.88. The maximum atomic E-state index is 12.5. The highest BCUT2D eigenvalue weighted by Crippen LogP contribution is 2.38. The van der Waals surface area contributed by atoms with Gasteiger partial charge < -0.3 is 14.9 Å². The van der Waals surface area contributed by atoms with Crippen LogP contribution in [0.3, 0.4) is 0 Å². The summed E-state index contributed by atoms with van der Waals surface area (Å²) in [5.74, 6) is 0.623. The van der Waals surface area contributed by atoms with E-state index in [4.69, 9.17) is 4.52 Å². The highest BCUT2D eigenvalue weighted by Gasteiger charge is 2.36. The number of fused-ring (bicyclic) bond motifs is 1. The fourth-order valence-electron chi connectivity index (χ4n) is 3.52. The number of pyridine rings is 1. The molecule has 1 aromatic carbocycles. The predicted molar refractivity (Wildman–Crippen MR) is 96.3 cm³/mol. The molecule has 1 aliphatic carbocycles. The number of benzene rings is 1. The number of nitrogens with one attached hydrogen (secondary N) is 1. The molecular formula is C20H21N3O3. The summed E-state index contributed by atoms with van der Waals surface area (Å²) in [6.07, 6.45) is 3.03. The lowest BCUT2D eigenvalue weighted by Crippen LogP contribution is -2.41. The molecule has 2 heterocycles. The lowest BCUT2D eigenvalue weighted by atomic mass is 9.75. The second-order valence-corrected chi connectivity index (χ2v) is 7.00. The maximum absolute atomic E-state index is 12.5. The monoisotopic (exact) mass is 351 g/mol. The van der Waals surface area contributed by atoms with Crippen molar-refractivity contribution in [2.45, 2.75) is 38.3 Å². The summed E-state index contributed by atoms with van der Waals surface area (Å²) in [6, 6.07) is 11.6. The Morgan fingerprint density at radius 1 is 1.35 bits per heavy atom. The van der Waals surface area contributed by atoms with Gasteiger partial charge >= 0.3 is 0 Å². The molecule has 1 aliphatic rings. The molecule has 1 fully saturated rings. The molecule has 6 nitrogen and oxygen atoms in total. The van der Waals surface area contributed by atoms with Crippen molar-refractivity contribution in [1.82, 2.24) is 15.5 Å². The van der Waals surface area contributed by atoms with E-state index >= 15 is 0 Å². The SMILES string of the molecule is Cc1cc(CC(=O)N[C@H](c2cnc3ccccc3c2)C2CC(O)C2)on1. The molecule has 26 heavy (non-hydrogen) atoms. The number of hydrogen-bond acceptors (Lipinski definition) is 5. The lowest BCUT2D eigenvalue weighted by molar-refractivity contribution is -0.122.